The minimum Gasteiger partial charge on any atom is -0.491 e. The molecule has 0 saturated heterocycles. The van der Waals surface area contributed by atoms with E-state index < -0.39 is 0 Å². The van der Waals surface area contributed by atoms with Crippen molar-refractivity contribution in [2.45, 2.75) is 0 Å². The first-order valence-electron chi connectivity index (χ1n) is 12.3. The smallest absolute Gasteiger partial charge is 0.127 e. The number of benzene rings is 6. The molecular weight excluding hydrogens is 440 g/mol. The molecule has 0 amide bonds. The molecule has 0 spiro atoms. The van der Waals surface area contributed by atoms with E-state index in [-0.39, 0.29) is 13.2 Å². The van der Waals surface area contributed by atoms with Gasteiger partial charge < -0.3 is 9.84 Å². The molecule has 174 valence electrons. The van der Waals surface area contributed by atoms with Crippen LogP contribution in [0.25, 0.3) is 54.9 Å². The summed E-state index contributed by atoms with van der Waals surface area (Å²) in [4.78, 5) is 0. The fraction of sp³-hybridized carbons (Fsp3) is 0.0588. The molecular formula is C34H26O2. The zero-order valence-corrected chi connectivity index (χ0v) is 19.9. The van der Waals surface area contributed by atoms with Crippen LogP contribution in [0.5, 0.6) is 5.75 Å². The lowest BCUT2D eigenvalue weighted by Gasteiger charge is -2.18. The third-order valence-corrected chi connectivity index (χ3v) is 6.73. The van der Waals surface area contributed by atoms with Crippen LogP contribution >= 0.6 is 0 Å². The average molecular weight is 467 g/mol. The van der Waals surface area contributed by atoms with Gasteiger partial charge in [-0.05, 0) is 55.4 Å². The molecule has 0 aliphatic heterocycles. The maximum absolute atomic E-state index is 9.50. The number of hydrogen-bond donors (Lipinski definition) is 1. The van der Waals surface area contributed by atoms with Crippen molar-refractivity contribution in [2.75, 3.05) is 13.2 Å². The maximum Gasteiger partial charge on any atom is 0.127 e. The largest absolute Gasteiger partial charge is 0.491 e. The SMILES string of the molecule is OCCOc1ccc2c(-c3ccccc3)cccc2c1-c1cccc2c(-c3ccccc3)cccc12. The van der Waals surface area contributed by atoms with E-state index in [1.165, 1.54) is 38.4 Å². The molecule has 0 fully saturated rings. The monoisotopic (exact) mass is 466 g/mol. The van der Waals surface area contributed by atoms with Crippen molar-refractivity contribution in [2.24, 2.45) is 0 Å². The number of ether oxygens (including phenoxy) is 1. The second kappa shape index (κ2) is 9.69. The number of aliphatic hydroxyl groups excluding tert-OH is 1. The van der Waals surface area contributed by atoms with E-state index in [1.807, 2.05) is 18.2 Å². The van der Waals surface area contributed by atoms with E-state index in [0.717, 1.165) is 22.3 Å². The molecule has 0 aromatic heterocycles. The average Bonchev–Trinajstić information content (AvgIpc) is 2.95. The molecule has 0 unspecified atom stereocenters. The van der Waals surface area contributed by atoms with Gasteiger partial charge in [0.15, 0.2) is 0 Å². The zero-order valence-electron chi connectivity index (χ0n) is 19.9. The Bertz CT molecular complexity index is 1650. The normalized spacial score (nSPS) is 11.1. The fourth-order valence-electron chi connectivity index (χ4n) is 5.16. The first kappa shape index (κ1) is 22.1. The Hall–Kier alpha value is -4.40. The number of hydrogen-bond acceptors (Lipinski definition) is 2. The van der Waals surface area contributed by atoms with Crippen LogP contribution in [0.4, 0.5) is 0 Å². The first-order valence-corrected chi connectivity index (χ1v) is 12.3. The highest BCUT2D eigenvalue weighted by molar-refractivity contribution is 6.13. The van der Waals surface area contributed by atoms with Gasteiger partial charge in [-0.3, -0.25) is 0 Å². The van der Waals surface area contributed by atoms with Gasteiger partial charge in [0.25, 0.3) is 0 Å². The van der Waals surface area contributed by atoms with Crippen LogP contribution < -0.4 is 4.74 Å². The molecule has 0 saturated carbocycles. The topological polar surface area (TPSA) is 29.5 Å². The Balaban J connectivity index is 1.65. The zero-order chi connectivity index (χ0) is 24.3. The molecule has 36 heavy (non-hydrogen) atoms. The summed E-state index contributed by atoms with van der Waals surface area (Å²) in [6, 6.07) is 44.6. The van der Waals surface area contributed by atoms with E-state index in [9.17, 15) is 5.11 Å². The predicted molar refractivity (Wildman–Crippen MR) is 150 cm³/mol. The van der Waals surface area contributed by atoms with Crippen molar-refractivity contribution < 1.29 is 9.84 Å². The summed E-state index contributed by atoms with van der Waals surface area (Å²) in [5.41, 5.74) is 6.94. The summed E-state index contributed by atoms with van der Waals surface area (Å²) in [5.74, 6) is 0.777. The molecule has 6 rings (SSSR count). The third-order valence-electron chi connectivity index (χ3n) is 6.73. The fourth-order valence-corrected chi connectivity index (χ4v) is 5.16. The molecule has 0 bridgehead atoms. The summed E-state index contributed by atoms with van der Waals surface area (Å²) in [6.07, 6.45) is 0. The molecule has 0 aliphatic rings. The molecule has 6 aromatic carbocycles. The summed E-state index contributed by atoms with van der Waals surface area (Å²) >= 11 is 0. The highest BCUT2D eigenvalue weighted by Crippen LogP contribution is 2.44. The minimum atomic E-state index is -0.0325. The summed E-state index contributed by atoms with van der Waals surface area (Å²) < 4.78 is 6.11. The Labute approximate surface area is 211 Å². The van der Waals surface area contributed by atoms with E-state index in [0.29, 0.717) is 0 Å². The van der Waals surface area contributed by atoms with Gasteiger partial charge in [0.05, 0.1) is 6.61 Å². The molecule has 6 aromatic rings. The van der Waals surface area contributed by atoms with Crippen LogP contribution in [0, 0.1) is 0 Å². The van der Waals surface area contributed by atoms with Crippen LogP contribution in [-0.2, 0) is 0 Å². The summed E-state index contributed by atoms with van der Waals surface area (Å²) in [6.45, 7) is 0.214. The molecule has 1 N–H and O–H groups in total. The third kappa shape index (κ3) is 3.92. The second-order valence-corrected chi connectivity index (χ2v) is 8.85. The van der Waals surface area contributed by atoms with Crippen molar-refractivity contribution >= 4 is 21.5 Å². The molecule has 0 atom stereocenters. The van der Waals surface area contributed by atoms with Gasteiger partial charge in [0, 0.05) is 5.56 Å². The number of rotatable bonds is 6. The number of fused-ring (bicyclic) bond motifs is 2. The van der Waals surface area contributed by atoms with Crippen LogP contribution in [0.2, 0.25) is 0 Å². The molecule has 0 heterocycles. The van der Waals surface area contributed by atoms with Gasteiger partial charge in [-0.2, -0.15) is 0 Å². The van der Waals surface area contributed by atoms with Crippen molar-refractivity contribution in [1.82, 2.24) is 0 Å². The lowest BCUT2D eigenvalue weighted by atomic mass is 9.88. The summed E-state index contributed by atoms with van der Waals surface area (Å²) in [5, 5.41) is 14.2. The first-order chi connectivity index (χ1) is 17.8. The second-order valence-electron chi connectivity index (χ2n) is 8.85. The van der Waals surface area contributed by atoms with Gasteiger partial charge in [0.1, 0.15) is 12.4 Å². The Morgan fingerprint density at radius 2 is 0.944 bits per heavy atom. The van der Waals surface area contributed by atoms with E-state index in [2.05, 4.69) is 109 Å². The van der Waals surface area contributed by atoms with Gasteiger partial charge in [-0.1, -0.05) is 121 Å². The summed E-state index contributed by atoms with van der Waals surface area (Å²) in [7, 11) is 0. The lowest BCUT2D eigenvalue weighted by molar-refractivity contribution is 0.202. The van der Waals surface area contributed by atoms with E-state index in [1.54, 1.807) is 0 Å². The standard InChI is InChI=1S/C34H26O2/c35-22-23-36-33-21-20-30-27(25-12-5-2-6-13-25)15-8-18-32(30)34(33)31-19-9-16-28-26(14-7-17-29(28)31)24-10-3-1-4-11-24/h1-21,35H,22-23H2. The molecule has 2 nitrogen and oxygen atoms in total. The van der Waals surface area contributed by atoms with Crippen molar-refractivity contribution in [1.29, 1.82) is 0 Å². The number of aliphatic hydroxyl groups is 1. The Kier molecular flexibility index (Phi) is 5.95. The van der Waals surface area contributed by atoms with Crippen molar-refractivity contribution in [3.05, 3.63) is 127 Å². The van der Waals surface area contributed by atoms with Gasteiger partial charge >= 0.3 is 0 Å². The lowest BCUT2D eigenvalue weighted by Crippen LogP contribution is -2.03. The van der Waals surface area contributed by atoms with Crippen molar-refractivity contribution in [3.63, 3.8) is 0 Å². The van der Waals surface area contributed by atoms with Crippen LogP contribution in [-0.4, -0.2) is 18.3 Å². The van der Waals surface area contributed by atoms with Gasteiger partial charge in [-0.25, -0.2) is 0 Å². The highest BCUT2D eigenvalue weighted by Gasteiger charge is 2.17. The maximum atomic E-state index is 9.50. The molecule has 2 heteroatoms. The van der Waals surface area contributed by atoms with Gasteiger partial charge in [-0.15, -0.1) is 0 Å². The quantitative estimate of drug-likeness (QED) is 0.267. The molecule has 0 aliphatic carbocycles. The van der Waals surface area contributed by atoms with E-state index in [4.69, 9.17) is 4.74 Å². The van der Waals surface area contributed by atoms with Crippen molar-refractivity contribution in [3.8, 4) is 39.1 Å². The van der Waals surface area contributed by atoms with Crippen LogP contribution in [0.1, 0.15) is 0 Å². The molecule has 0 radical (unpaired) electrons. The highest BCUT2D eigenvalue weighted by atomic mass is 16.5. The Morgan fingerprint density at radius 3 is 1.53 bits per heavy atom. The Morgan fingerprint density at radius 1 is 0.444 bits per heavy atom. The van der Waals surface area contributed by atoms with Crippen LogP contribution in [0.3, 0.4) is 0 Å². The minimum absolute atomic E-state index is 0.0325. The predicted octanol–water partition coefficient (Wildman–Crippen LogP) is 8.37. The van der Waals surface area contributed by atoms with Gasteiger partial charge in [0.2, 0.25) is 0 Å². The van der Waals surface area contributed by atoms with E-state index >= 15 is 0 Å². The van der Waals surface area contributed by atoms with Crippen LogP contribution in [0.15, 0.2) is 127 Å².